The quantitative estimate of drug-likeness (QED) is 0.859. The van der Waals surface area contributed by atoms with Crippen molar-refractivity contribution in [1.82, 2.24) is 0 Å². The highest BCUT2D eigenvalue weighted by molar-refractivity contribution is 7.90. The number of aliphatic hydroxyl groups is 1. The van der Waals surface area contributed by atoms with E-state index in [-0.39, 0.29) is 16.6 Å². The molecule has 108 valence electrons. The zero-order chi connectivity index (χ0) is 14.2. The molecule has 0 amide bonds. The van der Waals surface area contributed by atoms with E-state index in [1.54, 1.807) is 0 Å². The number of sulfone groups is 1. The fourth-order valence-electron chi connectivity index (χ4n) is 4.10. The van der Waals surface area contributed by atoms with Gasteiger partial charge in [-0.1, -0.05) is 27.7 Å². The Kier molecular flexibility index (Phi) is 4.24. The first kappa shape index (κ1) is 16.0. The highest BCUT2D eigenvalue weighted by atomic mass is 32.2. The predicted molar refractivity (Wildman–Crippen MR) is 75.3 cm³/mol. The molecule has 1 aliphatic rings. The second-order valence-corrected chi connectivity index (χ2v) is 10.1. The minimum atomic E-state index is -2.92. The molecule has 0 spiro atoms. The summed E-state index contributed by atoms with van der Waals surface area (Å²) in [6.07, 6.45) is 5.05. The van der Waals surface area contributed by atoms with Crippen LogP contribution in [0.1, 0.15) is 59.8 Å². The molecule has 3 nitrogen and oxygen atoms in total. The van der Waals surface area contributed by atoms with E-state index in [2.05, 4.69) is 27.7 Å². The van der Waals surface area contributed by atoms with Crippen LogP contribution in [0.15, 0.2) is 0 Å². The monoisotopic (exact) mass is 276 g/mol. The van der Waals surface area contributed by atoms with E-state index in [0.717, 1.165) is 19.3 Å². The molecule has 0 aliphatic heterocycles. The molecule has 0 aromatic rings. The average molecular weight is 276 g/mol. The van der Waals surface area contributed by atoms with Gasteiger partial charge in [-0.3, -0.25) is 0 Å². The highest BCUT2D eigenvalue weighted by Gasteiger charge is 2.45. The van der Waals surface area contributed by atoms with Gasteiger partial charge in [-0.15, -0.1) is 0 Å². The van der Waals surface area contributed by atoms with E-state index in [0.29, 0.717) is 12.8 Å². The van der Waals surface area contributed by atoms with Gasteiger partial charge >= 0.3 is 0 Å². The molecule has 0 bridgehead atoms. The summed E-state index contributed by atoms with van der Waals surface area (Å²) in [5, 5.41) is 10.7. The highest BCUT2D eigenvalue weighted by Crippen LogP contribution is 2.51. The first-order chi connectivity index (χ1) is 7.83. The third-order valence-electron chi connectivity index (χ3n) is 3.73. The lowest BCUT2D eigenvalue weighted by Crippen LogP contribution is -2.46. The van der Waals surface area contributed by atoms with E-state index in [1.807, 2.05) is 0 Å². The van der Waals surface area contributed by atoms with Gasteiger partial charge in [0.15, 0.2) is 0 Å². The molecule has 0 aromatic carbocycles. The molecule has 0 heterocycles. The molecule has 18 heavy (non-hydrogen) atoms. The lowest BCUT2D eigenvalue weighted by Gasteiger charge is -2.49. The summed E-state index contributed by atoms with van der Waals surface area (Å²) in [5.74, 6) is 0.177. The van der Waals surface area contributed by atoms with Gasteiger partial charge in [-0.2, -0.15) is 0 Å². The summed E-state index contributed by atoms with van der Waals surface area (Å²) < 4.78 is 22.3. The summed E-state index contributed by atoms with van der Waals surface area (Å²) in [7, 11) is -2.92. The maximum absolute atomic E-state index is 11.2. The van der Waals surface area contributed by atoms with Crippen molar-refractivity contribution < 1.29 is 13.5 Å². The van der Waals surface area contributed by atoms with Gasteiger partial charge in [0.1, 0.15) is 9.84 Å². The minimum Gasteiger partial charge on any atom is -0.390 e. The number of rotatable bonds is 4. The fourth-order valence-corrected chi connectivity index (χ4v) is 4.77. The normalized spacial score (nSPS) is 25.9. The van der Waals surface area contributed by atoms with Crippen molar-refractivity contribution in [3.63, 3.8) is 0 Å². The van der Waals surface area contributed by atoms with Crippen LogP contribution in [0.2, 0.25) is 0 Å². The van der Waals surface area contributed by atoms with Crippen LogP contribution in [0.5, 0.6) is 0 Å². The SMILES string of the molecule is CC1(C)CC(C)(C)CC(O)(CCCS(C)(=O)=O)C1. The molecular formula is C14H28O3S. The van der Waals surface area contributed by atoms with Crippen LogP contribution in [0.3, 0.4) is 0 Å². The van der Waals surface area contributed by atoms with Crippen molar-refractivity contribution >= 4 is 9.84 Å². The van der Waals surface area contributed by atoms with Gasteiger partial charge < -0.3 is 5.11 Å². The van der Waals surface area contributed by atoms with Crippen LogP contribution in [0.4, 0.5) is 0 Å². The van der Waals surface area contributed by atoms with Gasteiger partial charge in [0.2, 0.25) is 0 Å². The molecule has 4 heteroatoms. The lowest BCUT2D eigenvalue weighted by atomic mass is 9.59. The van der Waals surface area contributed by atoms with Gasteiger partial charge in [-0.25, -0.2) is 8.42 Å². The molecule has 0 atom stereocenters. The standard InChI is InChI=1S/C14H28O3S/c1-12(2)9-13(3,4)11-14(15,10-12)7-6-8-18(5,16)17/h15H,6-11H2,1-5H3. The summed E-state index contributed by atoms with van der Waals surface area (Å²) in [5.41, 5.74) is -0.445. The largest absolute Gasteiger partial charge is 0.390 e. The van der Waals surface area contributed by atoms with Crippen molar-refractivity contribution in [2.24, 2.45) is 10.8 Å². The molecule has 0 radical (unpaired) electrons. The minimum absolute atomic E-state index is 0.127. The van der Waals surface area contributed by atoms with Crippen molar-refractivity contribution in [2.75, 3.05) is 12.0 Å². The molecule has 1 fully saturated rings. The zero-order valence-electron chi connectivity index (χ0n) is 12.4. The van der Waals surface area contributed by atoms with Crippen LogP contribution in [0.25, 0.3) is 0 Å². The molecule has 0 aromatic heterocycles. The Balaban J connectivity index is 2.67. The second-order valence-electron chi connectivity index (χ2n) is 7.82. The van der Waals surface area contributed by atoms with Crippen LogP contribution in [-0.4, -0.2) is 31.1 Å². The van der Waals surface area contributed by atoms with E-state index in [1.165, 1.54) is 6.26 Å². The Hall–Kier alpha value is -0.0900. The second kappa shape index (κ2) is 4.78. The summed E-state index contributed by atoms with van der Waals surface area (Å²) >= 11 is 0. The summed E-state index contributed by atoms with van der Waals surface area (Å²) in [4.78, 5) is 0. The Morgan fingerprint density at radius 2 is 1.44 bits per heavy atom. The van der Waals surface area contributed by atoms with E-state index < -0.39 is 15.4 Å². The van der Waals surface area contributed by atoms with Crippen LogP contribution < -0.4 is 0 Å². The molecular weight excluding hydrogens is 248 g/mol. The third kappa shape index (κ3) is 5.27. The maximum Gasteiger partial charge on any atom is 0.147 e. The molecule has 1 aliphatic carbocycles. The number of hydrogen-bond acceptors (Lipinski definition) is 3. The Morgan fingerprint density at radius 3 is 1.83 bits per heavy atom. The Bertz CT molecular complexity index is 377. The summed E-state index contributed by atoms with van der Waals surface area (Å²) in [6.45, 7) is 8.76. The first-order valence-corrected chi connectivity index (χ1v) is 8.79. The van der Waals surface area contributed by atoms with Gasteiger partial charge in [0.05, 0.1) is 5.60 Å². The van der Waals surface area contributed by atoms with E-state index in [9.17, 15) is 13.5 Å². The van der Waals surface area contributed by atoms with Gasteiger partial charge in [0, 0.05) is 12.0 Å². The molecule has 1 saturated carbocycles. The van der Waals surface area contributed by atoms with Gasteiger partial charge in [0.25, 0.3) is 0 Å². The molecule has 1 rings (SSSR count). The average Bonchev–Trinajstić information content (AvgIpc) is 1.91. The van der Waals surface area contributed by atoms with Crippen LogP contribution in [-0.2, 0) is 9.84 Å². The molecule has 1 N–H and O–H groups in total. The van der Waals surface area contributed by atoms with E-state index in [4.69, 9.17) is 0 Å². The van der Waals surface area contributed by atoms with Crippen LogP contribution >= 0.6 is 0 Å². The third-order valence-corrected chi connectivity index (χ3v) is 4.76. The topological polar surface area (TPSA) is 54.4 Å². The van der Waals surface area contributed by atoms with Crippen molar-refractivity contribution in [1.29, 1.82) is 0 Å². The smallest absolute Gasteiger partial charge is 0.147 e. The lowest BCUT2D eigenvalue weighted by molar-refractivity contribution is -0.0905. The Labute approximate surface area is 112 Å². The fraction of sp³-hybridized carbons (Fsp3) is 1.00. The Morgan fingerprint density at radius 1 is 1.00 bits per heavy atom. The maximum atomic E-state index is 11.2. The van der Waals surface area contributed by atoms with E-state index >= 15 is 0 Å². The molecule has 0 saturated heterocycles. The zero-order valence-corrected chi connectivity index (χ0v) is 13.2. The van der Waals surface area contributed by atoms with Crippen molar-refractivity contribution in [2.45, 2.75) is 65.4 Å². The number of hydrogen-bond donors (Lipinski definition) is 1. The predicted octanol–water partition coefficient (Wildman–Crippen LogP) is 2.78. The van der Waals surface area contributed by atoms with Crippen molar-refractivity contribution in [3.8, 4) is 0 Å². The van der Waals surface area contributed by atoms with Crippen molar-refractivity contribution in [3.05, 3.63) is 0 Å². The van der Waals surface area contributed by atoms with Crippen LogP contribution in [0, 0.1) is 10.8 Å². The first-order valence-electron chi connectivity index (χ1n) is 6.73. The van der Waals surface area contributed by atoms with Gasteiger partial charge in [-0.05, 0) is 42.9 Å². The molecule has 0 unspecified atom stereocenters. The summed E-state index contributed by atoms with van der Waals surface area (Å²) in [6, 6.07) is 0.